The van der Waals surface area contributed by atoms with Gasteiger partial charge >= 0.3 is 11.9 Å². The number of ether oxygens (including phenoxy) is 2. The Morgan fingerprint density at radius 1 is 0.796 bits per heavy atom. The average molecular weight is 744 g/mol. The lowest BCUT2D eigenvalue weighted by Gasteiger charge is -2.25. The second-order valence-electron chi connectivity index (χ2n) is 12.4. The summed E-state index contributed by atoms with van der Waals surface area (Å²) in [4.78, 5) is 66.3. The van der Waals surface area contributed by atoms with Gasteiger partial charge in [-0.2, -0.15) is 0 Å². The monoisotopic (exact) mass is 742 g/mol. The van der Waals surface area contributed by atoms with Crippen LogP contribution in [0.1, 0.15) is 91.8 Å². The van der Waals surface area contributed by atoms with Crippen LogP contribution in [0.5, 0.6) is 0 Å². The van der Waals surface area contributed by atoms with E-state index in [2.05, 4.69) is 59.8 Å². The van der Waals surface area contributed by atoms with Crippen molar-refractivity contribution >= 4 is 51.4 Å². The number of nitrogens with zero attached hydrogens (tertiary/aromatic N) is 5. The molecular weight excluding hydrogens is 692 g/mol. The predicted molar refractivity (Wildman–Crippen MR) is 194 cm³/mol. The normalized spacial score (nSPS) is 19.7. The summed E-state index contributed by atoms with van der Waals surface area (Å²) < 4.78 is 9.50. The Morgan fingerprint density at radius 3 is 1.69 bits per heavy atom. The summed E-state index contributed by atoms with van der Waals surface area (Å²) in [5.74, 6) is 0.285. The largest absolute Gasteiger partial charge is 0.465 e. The molecule has 4 heterocycles. The highest BCUT2D eigenvalue weighted by atomic mass is 79.9. The van der Waals surface area contributed by atoms with Crippen LogP contribution in [0.15, 0.2) is 46.6 Å². The molecule has 0 fully saturated rings. The molecule has 1 N–H and O–H groups in total. The summed E-state index contributed by atoms with van der Waals surface area (Å²) in [5.41, 5.74) is 2.02. The van der Waals surface area contributed by atoms with E-state index >= 15 is 0 Å². The van der Waals surface area contributed by atoms with Gasteiger partial charge in [-0.1, -0.05) is 69.6 Å². The van der Waals surface area contributed by atoms with Gasteiger partial charge in [0.05, 0.1) is 13.2 Å². The highest BCUT2D eigenvalue weighted by molar-refractivity contribution is 9.09. The molecule has 13 heteroatoms. The molecule has 2 aromatic rings. The molecule has 2 aliphatic rings. The first-order valence-electron chi connectivity index (χ1n) is 16.7. The third-order valence-electron chi connectivity index (χ3n) is 8.50. The van der Waals surface area contributed by atoms with Gasteiger partial charge in [0.1, 0.15) is 34.3 Å². The quantitative estimate of drug-likeness (QED) is 0.247. The number of aromatic nitrogens is 2. The summed E-state index contributed by atoms with van der Waals surface area (Å²) in [5, 5.41) is 3.12. The number of amidine groups is 2. The van der Waals surface area contributed by atoms with Crippen molar-refractivity contribution in [2.24, 2.45) is 21.8 Å². The summed E-state index contributed by atoms with van der Waals surface area (Å²) in [6, 6.07) is 7.73. The third kappa shape index (κ3) is 10.5. The van der Waals surface area contributed by atoms with E-state index in [4.69, 9.17) is 4.74 Å². The van der Waals surface area contributed by atoms with Gasteiger partial charge in [0.25, 0.3) is 11.8 Å². The van der Waals surface area contributed by atoms with Gasteiger partial charge < -0.3 is 14.8 Å². The molecule has 2 atom stereocenters. The van der Waals surface area contributed by atoms with Gasteiger partial charge in [-0.3, -0.25) is 34.0 Å². The van der Waals surface area contributed by atoms with Gasteiger partial charge in [-0.05, 0) is 75.6 Å². The highest BCUT2D eigenvalue weighted by Gasteiger charge is 2.48. The van der Waals surface area contributed by atoms with E-state index in [-0.39, 0.29) is 42.8 Å². The lowest BCUT2D eigenvalue weighted by molar-refractivity contribution is -0.147. The summed E-state index contributed by atoms with van der Waals surface area (Å²) >= 11 is 2.94. The van der Waals surface area contributed by atoms with Crippen molar-refractivity contribution in [2.75, 3.05) is 25.1 Å². The number of aryl methyl sites for hydroxylation is 2. The SMILES string of the molecule is CCOC(=O)CBr.CCOC(=O)CN1C(=O)C(C)(C(C)C)N=C1c1ccc(CC)cn1.CCc1ccc(C2=NC(C)(C(C)C)C(=O)N2)nc1. The van der Waals surface area contributed by atoms with Gasteiger partial charge in [-0.25, -0.2) is 9.98 Å². The number of esters is 2. The minimum atomic E-state index is -0.896. The Morgan fingerprint density at radius 2 is 1.31 bits per heavy atom. The van der Waals surface area contributed by atoms with E-state index in [0.717, 1.165) is 24.1 Å². The zero-order chi connectivity index (χ0) is 36.9. The van der Waals surface area contributed by atoms with Crippen LogP contribution < -0.4 is 5.32 Å². The van der Waals surface area contributed by atoms with E-state index in [9.17, 15) is 19.2 Å². The van der Waals surface area contributed by atoms with Crippen molar-refractivity contribution < 1.29 is 28.7 Å². The van der Waals surface area contributed by atoms with Crippen molar-refractivity contribution in [3.8, 4) is 0 Å². The van der Waals surface area contributed by atoms with Crippen LogP contribution in [-0.2, 0) is 41.5 Å². The number of amides is 2. The molecule has 4 rings (SSSR count). The standard InChI is InChI=1S/C18H25N3O3.C14H19N3O.C4H7BrO2/c1-6-13-8-9-14(19-10-13)16-20-18(5,12(3)4)17(23)21(16)11-15(22)24-7-2;1-5-10-6-7-11(15-8-10)12-16-13(18)14(4,17-12)9(2)3;1-2-7-4(6)3-5/h8-10,12H,6-7,11H2,1-5H3;6-9H,5H2,1-4H3,(H,16,17,18);2-3H2,1H3. The van der Waals surface area contributed by atoms with Crippen LogP contribution in [0.2, 0.25) is 0 Å². The zero-order valence-electron chi connectivity index (χ0n) is 30.4. The second kappa shape index (κ2) is 18.7. The molecule has 2 unspecified atom stereocenters. The minimum Gasteiger partial charge on any atom is -0.465 e. The first kappa shape index (κ1) is 41.2. The third-order valence-corrected chi connectivity index (χ3v) is 8.96. The zero-order valence-corrected chi connectivity index (χ0v) is 32.0. The van der Waals surface area contributed by atoms with Crippen LogP contribution in [0.4, 0.5) is 0 Å². The van der Waals surface area contributed by atoms with Crippen LogP contribution in [0, 0.1) is 11.8 Å². The molecule has 0 saturated heterocycles. The smallest absolute Gasteiger partial charge is 0.326 e. The number of carbonyl (C=O) groups excluding carboxylic acids is 4. The van der Waals surface area contributed by atoms with Crippen LogP contribution >= 0.6 is 15.9 Å². The fourth-order valence-electron chi connectivity index (χ4n) is 4.55. The molecule has 0 bridgehead atoms. The molecule has 49 heavy (non-hydrogen) atoms. The number of pyridine rings is 2. The maximum absolute atomic E-state index is 12.9. The van der Waals surface area contributed by atoms with Crippen molar-refractivity contribution in [1.29, 1.82) is 0 Å². The molecule has 268 valence electrons. The van der Waals surface area contributed by atoms with Gasteiger partial charge in [0.15, 0.2) is 11.7 Å². The van der Waals surface area contributed by atoms with Crippen molar-refractivity contribution in [3.63, 3.8) is 0 Å². The number of rotatable bonds is 11. The second-order valence-corrected chi connectivity index (χ2v) is 13.0. The molecule has 0 saturated carbocycles. The number of alkyl halides is 1. The van der Waals surface area contributed by atoms with Gasteiger partial charge in [0, 0.05) is 12.4 Å². The van der Waals surface area contributed by atoms with E-state index in [0.29, 0.717) is 29.3 Å². The summed E-state index contributed by atoms with van der Waals surface area (Å²) in [6.45, 7) is 19.8. The first-order valence-corrected chi connectivity index (χ1v) is 17.8. The number of hydrogen-bond acceptors (Lipinski definition) is 10. The van der Waals surface area contributed by atoms with Gasteiger partial charge in [-0.15, -0.1) is 0 Å². The van der Waals surface area contributed by atoms with Crippen molar-refractivity contribution in [2.45, 2.75) is 93.2 Å². The fourth-order valence-corrected chi connectivity index (χ4v) is 4.71. The molecule has 0 aliphatic carbocycles. The van der Waals surface area contributed by atoms with Gasteiger partial charge in [0.2, 0.25) is 0 Å². The molecule has 2 amide bonds. The molecule has 2 aliphatic heterocycles. The summed E-state index contributed by atoms with van der Waals surface area (Å²) in [6.07, 6.45) is 5.44. The van der Waals surface area contributed by atoms with Crippen molar-refractivity contribution in [1.82, 2.24) is 20.2 Å². The minimum absolute atomic E-state index is 0.00195. The first-order chi connectivity index (χ1) is 23.1. The topological polar surface area (TPSA) is 153 Å². The number of hydrogen-bond donors (Lipinski definition) is 1. The van der Waals surface area contributed by atoms with E-state index in [1.54, 1.807) is 27.0 Å². The Labute approximate surface area is 298 Å². The predicted octanol–water partition coefficient (Wildman–Crippen LogP) is 5.09. The number of halogens is 1. The lowest BCUT2D eigenvalue weighted by Crippen LogP contribution is -2.46. The molecule has 0 spiro atoms. The Hall–Kier alpha value is -4.00. The molecular formula is C36H51BrN6O6. The van der Waals surface area contributed by atoms with Crippen molar-refractivity contribution in [3.05, 3.63) is 59.2 Å². The number of carbonyl (C=O) groups is 4. The maximum Gasteiger partial charge on any atom is 0.326 e. The van der Waals surface area contributed by atoms with Crippen LogP contribution in [0.3, 0.4) is 0 Å². The average Bonchev–Trinajstić information content (AvgIpc) is 3.54. The number of aliphatic imine (C=N–C) groups is 2. The van der Waals surface area contributed by atoms with E-state index < -0.39 is 17.0 Å². The van der Waals surface area contributed by atoms with Crippen LogP contribution in [-0.4, -0.2) is 86.5 Å². The van der Waals surface area contributed by atoms with E-state index in [1.165, 1.54) is 10.5 Å². The molecule has 12 nitrogen and oxygen atoms in total. The number of nitrogens with one attached hydrogen (secondary N) is 1. The van der Waals surface area contributed by atoms with Crippen LogP contribution in [0.25, 0.3) is 0 Å². The maximum atomic E-state index is 12.9. The fraction of sp³-hybridized carbons (Fsp3) is 0.556. The highest BCUT2D eigenvalue weighted by Crippen LogP contribution is 2.32. The van der Waals surface area contributed by atoms with E-state index in [1.807, 2.05) is 65.1 Å². The molecule has 2 aromatic heterocycles. The Bertz CT molecular complexity index is 1510. The summed E-state index contributed by atoms with van der Waals surface area (Å²) in [7, 11) is 0. The molecule has 0 radical (unpaired) electrons. The Balaban J connectivity index is 0.000000293. The Kier molecular flexibility index (Phi) is 15.7. The molecule has 0 aromatic carbocycles. The lowest BCUT2D eigenvalue weighted by atomic mass is 9.89.